The summed E-state index contributed by atoms with van der Waals surface area (Å²) in [6.45, 7) is 1.10. The van der Waals surface area contributed by atoms with Gasteiger partial charge in [0.1, 0.15) is 5.75 Å². The van der Waals surface area contributed by atoms with Crippen molar-refractivity contribution in [1.82, 2.24) is 9.88 Å². The van der Waals surface area contributed by atoms with E-state index in [0.29, 0.717) is 24.4 Å². The maximum atomic E-state index is 12.7. The van der Waals surface area contributed by atoms with Crippen molar-refractivity contribution >= 4 is 17.5 Å². The van der Waals surface area contributed by atoms with Crippen molar-refractivity contribution in [2.75, 3.05) is 25.1 Å². The van der Waals surface area contributed by atoms with Crippen LogP contribution < -0.4 is 9.64 Å². The average molecular weight is 401 g/mol. The molecule has 1 aliphatic heterocycles. The summed E-state index contributed by atoms with van der Waals surface area (Å²) >= 11 is 0. The number of carbonyl (C=O) groups is 2. The summed E-state index contributed by atoms with van der Waals surface area (Å²) in [5.41, 5.74) is 3.50. The number of carbonyl (C=O) groups excluding carboxylic acids is 2. The van der Waals surface area contributed by atoms with E-state index in [-0.39, 0.29) is 18.4 Å². The molecule has 0 saturated heterocycles. The topological polar surface area (TPSA) is 62.7 Å². The Kier molecular flexibility index (Phi) is 5.75. The standard InChI is InChI=1S/C24H23N3O3/c1-26(15-12-18-10-13-25-14-11-18)24(29)20-8-6-19(7-9-20)16-27-21-4-2-3-5-22(21)30-17-23(27)28/h2-11,13-14H,12,15-17H2,1H3. The van der Waals surface area contributed by atoms with Crippen LogP contribution in [0.1, 0.15) is 21.5 Å². The highest BCUT2D eigenvalue weighted by Gasteiger charge is 2.25. The van der Waals surface area contributed by atoms with E-state index in [1.165, 1.54) is 0 Å². The van der Waals surface area contributed by atoms with E-state index in [2.05, 4.69) is 4.98 Å². The zero-order chi connectivity index (χ0) is 20.9. The van der Waals surface area contributed by atoms with Crippen molar-refractivity contribution in [1.29, 1.82) is 0 Å². The molecule has 1 aliphatic rings. The Bertz CT molecular complexity index is 1040. The van der Waals surface area contributed by atoms with Gasteiger partial charge in [0.15, 0.2) is 6.61 Å². The lowest BCUT2D eigenvalue weighted by molar-refractivity contribution is -0.121. The number of hydrogen-bond acceptors (Lipinski definition) is 4. The Morgan fingerprint density at radius 3 is 2.53 bits per heavy atom. The molecule has 2 aromatic carbocycles. The van der Waals surface area contributed by atoms with E-state index in [1.807, 2.05) is 60.7 Å². The number of anilines is 1. The second kappa shape index (κ2) is 8.78. The maximum Gasteiger partial charge on any atom is 0.265 e. The van der Waals surface area contributed by atoms with Gasteiger partial charge in [-0.1, -0.05) is 24.3 Å². The third-order valence-corrected chi connectivity index (χ3v) is 5.18. The van der Waals surface area contributed by atoms with Crippen LogP contribution in [0.2, 0.25) is 0 Å². The Morgan fingerprint density at radius 1 is 1.03 bits per heavy atom. The third kappa shape index (κ3) is 4.33. The van der Waals surface area contributed by atoms with E-state index in [4.69, 9.17) is 4.74 Å². The number of rotatable bonds is 6. The number of aromatic nitrogens is 1. The van der Waals surface area contributed by atoms with Crippen LogP contribution in [0.3, 0.4) is 0 Å². The number of hydrogen-bond donors (Lipinski definition) is 0. The van der Waals surface area contributed by atoms with E-state index in [0.717, 1.165) is 23.2 Å². The van der Waals surface area contributed by atoms with Crippen LogP contribution in [0.5, 0.6) is 5.75 Å². The molecule has 0 radical (unpaired) electrons. The van der Waals surface area contributed by atoms with Gasteiger partial charge in [0, 0.05) is 31.5 Å². The monoisotopic (exact) mass is 401 g/mol. The summed E-state index contributed by atoms with van der Waals surface area (Å²) in [4.78, 5) is 32.5. The number of fused-ring (bicyclic) bond motifs is 1. The molecule has 0 saturated carbocycles. The van der Waals surface area contributed by atoms with Crippen molar-refractivity contribution < 1.29 is 14.3 Å². The van der Waals surface area contributed by atoms with Crippen LogP contribution in [0.25, 0.3) is 0 Å². The minimum Gasteiger partial charge on any atom is -0.482 e. The van der Waals surface area contributed by atoms with Gasteiger partial charge < -0.3 is 14.5 Å². The molecule has 30 heavy (non-hydrogen) atoms. The van der Waals surface area contributed by atoms with Crippen molar-refractivity contribution in [3.63, 3.8) is 0 Å². The van der Waals surface area contributed by atoms with Crippen molar-refractivity contribution in [2.24, 2.45) is 0 Å². The predicted octanol–water partition coefficient (Wildman–Crippen LogP) is 3.32. The van der Waals surface area contributed by atoms with Crippen molar-refractivity contribution in [3.8, 4) is 5.75 Å². The molecule has 2 amide bonds. The predicted molar refractivity (Wildman–Crippen MR) is 114 cm³/mol. The smallest absolute Gasteiger partial charge is 0.265 e. The van der Waals surface area contributed by atoms with Gasteiger partial charge in [0.05, 0.1) is 12.2 Å². The molecule has 152 valence electrons. The number of nitrogens with zero attached hydrogens (tertiary/aromatic N) is 3. The van der Waals surface area contributed by atoms with Gasteiger partial charge in [-0.05, 0) is 53.9 Å². The molecule has 0 atom stereocenters. The van der Waals surface area contributed by atoms with Crippen LogP contribution in [0, 0.1) is 0 Å². The molecular formula is C24H23N3O3. The highest BCUT2D eigenvalue weighted by Crippen LogP contribution is 2.32. The summed E-state index contributed by atoms with van der Waals surface area (Å²) in [6.07, 6.45) is 4.29. The third-order valence-electron chi connectivity index (χ3n) is 5.18. The lowest BCUT2D eigenvalue weighted by atomic mass is 10.1. The highest BCUT2D eigenvalue weighted by molar-refractivity contribution is 5.98. The second-order valence-electron chi connectivity index (χ2n) is 7.27. The molecule has 4 rings (SSSR count). The van der Waals surface area contributed by atoms with E-state index < -0.39 is 0 Å². The summed E-state index contributed by atoms with van der Waals surface area (Å²) in [5.74, 6) is 0.604. The van der Waals surface area contributed by atoms with Gasteiger partial charge >= 0.3 is 0 Å². The Hall–Kier alpha value is -3.67. The van der Waals surface area contributed by atoms with Gasteiger partial charge in [-0.25, -0.2) is 0 Å². The van der Waals surface area contributed by atoms with Gasteiger partial charge in [-0.3, -0.25) is 14.6 Å². The minimum absolute atomic E-state index is 0.0246. The Morgan fingerprint density at radius 2 is 1.77 bits per heavy atom. The first kappa shape index (κ1) is 19.6. The number of benzene rings is 2. The number of para-hydroxylation sites is 2. The number of likely N-dealkylation sites (N-methyl/N-ethyl adjacent to an activating group) is 1. The number of pyridine rings is 1. The maximum absolute atomic E-state index is 12.7. The summed E-state index contributed by atoms with van der Waals surface area (Å²) in [7, 11) is 1.81. The fourth-order valence-electron chi connectivity index (χ4n) is 3.43. The first-order valence-electron chi connectivity index (χ1n) is 9.87. The molecule has 0 aliphatic carbocycles. The van der Waals surface area contributed by atoms with Gasteiger partial charge in [0.25, 0.3) is 11.8 Å². The number of ether oxygens (including phenoxy) is 1. The molecule has 6 heteroatoms. The first-order chi connectivity index (χ1) is 14.6. The largest absolute Gasteiger partial charge is 0.482 e. The first-order valence-corrected chi connectivity index (χ1v) is 9.87. The normalized spacial score (nSPS) is 12.8. The zero-order valence-electron chi connectivity index (χ0n) is 16.8. The molecule has 1 aromatic heterocycles. The summed E-state index contributed by atoms with van der Waals surface area (Å²) < 4.78 is 5.49. The zero-order valence-corrected chi connectivity index (χ0v) is 16.8. The van der Waals surface area contributed by atoms with Crippen LogP contribution in [0.15, 0.2) is 73.1 Å². The van der Waals surface area contributed by atoms with Crippen LogP contribution in [-0.4, -0.2) is 41.9 Å². The highest BCUT2D eigenvalue weighted by atomic mass is 16.5. The summed E-state index contributed by atoms with van der Waals surface area (Å²) in [5, 5.41) is 0. The van der Waals surface area contributed by atoms with Crippen molar-refractivity contribution in [3.05, 3.63) is 89.7 Å². The van der Waals surface area contributed by atoms with E-state index in [9.17, 15) is 9.59 Å². The Balaban J connectivity index is 1.40. The van der Waals surface area contributed by atoms with Crippen LogP contribution >= 0.6 is 0 Å². The van der Waals surface area contributed by atoms with E-state index in [1.54, 1.807) is 29.2 Å². The second-order valence-corrected chi connectivity index (χ2v) is 7.27. The molecular weight excluding hydrogens is 378 g/mol. The molecule has 6 nitrogen and oxygen atoms in total. The minimum atomic E-state index is -0.0790. The molecule has 0 unspecified atom stereocenters. The van der Waals surface area contributed by atoms with Crippen LogP contribution in [0.4, 0.5) is 5.69 Å². The average Bonchev–Trinajstić information content (AvgIpc) is 2.80. The van der Waals surface area contributed by atoms with Gasteiger partial charge in [-0.2, -0.15) is 0 Å². The van der Waals surface area contributed by atoms with Gasteiger partial charge in [-0.15, -0.1) is 0 Å². The lowest BCUT2D eigenvalue weighted by Crippen LogP contribution is -2.38. The molecule has 0 bridgehead atoms. The quantitative estimate of drug-likeness (QED) is 0.636. The summed E-state index contributed by atoms with van der Waals surface area (Å²) in [6, 6.07) is 18.9. The number of amides is 2. The molecule has 3 aromatic rings. The van der Waals surface area contributed by atoms with Gasteiger partial charge in [0.2, 0.25) is 0 Å². The molecule has 0 spiro atoms. The Labute approximate surface area is 175 Å². The fraction of sp³-hybridized carbons (Fsp3) is 0.208. The molecule has 2 heterocycles. The van der Waals surface area contributed by atoms with Crippen LogP contribution in [-0.2, 0) is 17.8 Å². The lowest BCUT2D eigenvalue weighted by Gasteiger charge is -2.29. The fourth-order valence-corrected chi connectivity index (χ4v) is 3.43. The van der Waals surface area contributed by atoms with E-state index >= 15 is 0 Å². The molecule has 0 N–H and O–H groups in total. The SMILES string of the molecule is CN(CCc1ccncc1)C(=O)c1ccc(CN2C(=O)COc3ccccc32)cc1. The molecule has 0 fully saturated rings. The van der Waals surface area contributed by atoms with Crippen molar-refractivity contribution in [2.45, 2.75) is 13.0 Å².